The highest BCUT2D eigenvalue weighted by Crippen LogP contribution is 2.11. The number of rotatable bonds is 6. The first-order chi connectivity index (χ1) is 8.97. The number of carbonyl (C=O) groups excluding carboxylic acids is 2. The molecule has 0 bridgehead atoms. The molecule has 1 aromatic carbocycles. The predicted octanol–water partition coefficient (Wildman–Crippen LogP) is 0.381. The van der Waals surface area contributed by atoms with Crippen LogP contribution >= 0.6 is 0 Å². The summed E-state index contributed by atoms with van der Waals surface area (Å²) in [7, 11) is 3.42. The molecule has 1 aromatic rings. The third kappa shape index (κ3) is 4.06. The van der Waals surface area contributed by atoms with E-state index in [0.29, 0.717) is 12.0 Å². The van der Waals surface area contributed by atoms with Crippen LogP contribution in [0.25, 0.3) is 0 Å². The molecule has 5 heteroatoms. The van der Waals surface area contributed by atoms with E-state index in [-0.39, 0.29) is 12.5 Å². The Balaban J connectivity index is 2.89. The molecule has 0 saturated carbocycles. The fraction of sp³-hybridized carbons (Fsp3) is 0.429. The van der Waals surface area contributed by atoms with Crippen LogP contribution in [0.5, 0.6) is 0 Å². The maximum atomic E-state index is 12.3. The highest BCUT2D eigenvalue weighted by molar-refractivity contribution is 5.94. The van der Waals surface area contributed by atoms with Crippen LogP contribution in [0.2, 0.25) is 0 Å². The van der Waals surface area contributed by atoms with E-state index in [1.807, 2.05) is 6.07 Å². The summed E-state index contributed by atoms with van der Waals surface area (Å²) in [5.74, 6) is -2.02. The maximum Gasteiger partial charge on any atom is 0.268 e. The molecule has 0 heterocycles. The van der Waals surface area contributed by atoms with Gasteiger partial charge in [0.05, 0.1) is 0 Å². The number of carboxylic acid groups (broad SMARTS) is 1. The molecule has 1 amide bonds. The zero-order valence-corrected chi connectivity index (χ0v) is 11.5. The highest BCUT2D eigenvalue weighted by atomic mass is 16.4. The second-order valence-corrected chi connectivity index (χ2v) is 4.52. The maximum absolute atomic E-state index is 12.3. The lowest BCUT2D eigenvalue weighted by atomic mass is 10.1. The number of amides is 1. The van der Waals surface area contributed by atoms with Gasteiger partial charge in [0, 0.05) is 38.1 Å². The highest BCUT2D eigenvalue weighted by Gasteiger charge is 2.21. The normalized spacial score (nSPS) is 12.2. The first kappa shape index (κ1) is 15.2. The Kier molecular flexibility index (Phi) is 5.51. The van der Waals surface area contributed by atoms with E-state index in [9.17, 15) is 14.7 Å². The first-order valence-electron chi connectivity index (χ1n) is 6.22. The third-order valence-corrected chi connectivity index (χ3v) is 2.96. The fourth-order valence-corrected chi connectivity index (χ4v) is 1.74. The van der Waals surface area contributed by atoms with Crippen LogP contribution in [-0.2, 0) is 4.79 Å². The number of hydrazine groups is 1. The van der Waals surface area contributed by atoms with Crippen LogP contribution in [0.1, 0.15) is 23.7 Å². The zero-order valence-electron chi connectivity index (χ0n) is 11.5. The van der Waals surface area contributed by atoms with Gasteiger partial charge in [0.1, 0.15) is 0 Å². The summed E-state index contributed by atoms with van der Waals surface area (Å²) in [6, 6.07) is 8.79. The fourth-order valence-electron chi connectivity index (χ4n) is 1.74. The van der Waals surface area contributed by atoms with Crippen LogP contribution in [-0.4, -0.2) is 42.5 Å². The van der Waals surface area contributed by atoms with Crippen LogP contribution in [0.4, 0.5) is 0 Å². The lowest BCUT2D eigenvalue weighted by molar-refractivity contribution is -0.312. The molecular weight excluding hydrogens is 244 g/mol. The van der Waals surface area contributed by atoms with Gasteiger partial charge < -0.3 is 9.90 Å². The van der Waals surface area contributed by atoms with Gasteiger partial charge in [0.2, 0.25) is 0 Å². The SMILES string of the molecule is CCC(CN(C(=O)c1ccccc1)N(C)C)C(=O)[O-]. The molecule has 104 valence electrons. The molecule has 0 aliphatic heterocycles. The Hall–Kier alpha value is -1.88. The van der Waals surface area contributed by atoms with Gasteiger partial charge in [-0.3, -0.25) is 9.80 Å². The summed E-state index contributed by atoms with van der Waals surface area (Å²) in [6.45, 7) is 1.88. The van der Waals surface area contributed by atoms with Crippen molar-refractivity contribution < 1.29 is 14.7 Å². The van der Waals surface area contributed by atoms with Crippen LogP contribution in [0.3, 0.4) is 0 Å². The van der Waals surface area contributed by atoms with E-state index in [2.05, 4.69) is 0 Å². The van der Waals surface area contributed by atoms with E-state index < -0.39 is 11.9 Å². The van der Waals surface area contributed by atoms with E-state index in [4.69, 9.17) is 0 Å². The molecule has 0 fully saturated rings. The van der Waals surface area contributed by atoms with Gasteiger partial charge in [-0.2, -0.15) is 0 Å². The van der Waals surface area contributed by atoms with Crippen molar-refractivity contribution in [2.45, 2.75) is 13.3 Å². The lowest BCUT2D eigenvalue weighted by Gasteiger charge is -2.32. The topological polar surface area (TPSA) is 63.7 Å². The van der Waals surface area contributed by atoms with Gasteiger partial charge in [0.25, 0.3) is 5.91 Å². The number of hydrogen-bond donors (Lipinski definition) is 0. The number of carboxylic acids is 1. The molecule has 0 saturated heterocycles. The Morgan fingerprint density at radius 3 is 2.21 bits per heavy atom. The van der Waals surface area contributed by atoms with Crippen molar-refractivity contribution in [3.63, 3.8) is 0 Å². The minimum absolute atomic E-state index is 0.111. The van der Waals surface area contributed by atoms with E-state index in [1.54, 1.807) is 50.3 Å². The summed E-state index contributed by atoms with van der Waals surface area (Å²) >= 11 is 0. The van der Waals surface area contributed by atoms with Gasteiger partial charge in [-0.1, -0.05) is 25.1 Å². The molecule has 1 unspecified atom stereocenters. The monoisotopic (exact) mass is 263 g/mol. The second-order valence-electron chi connectivity index (χ2n) is 4.52. The minimum atomic E-state index is -1.13. The van der Waals surface area contributed by atoms with Crippen LogP contribution in [0, 0.1) is 5.92 Å². The molecule has 0 spiro atoms. The van der Waals surface area contributed by atoms with Crippen molar-refractivity contribution in [2.75, 3.05) is 20.6 Å². The van der Waals surface area contributed by atoms with Gasteiger partial charge in [0.15, 0.2) is 0 Å². The summed E-state index contributed by atoms with van der Waals surface area (Å²) in [5.41, 5.74) is 0.532. The minimum Gasteiger partial charge on any atom is -0.550 e. The smallest absolute Gasteiger partial charge is 0.268 e. The van der Waals surface area contributed by atoms with E-state index in [0.717, 1.165) is 0 Å². The largest absolute Gasteiger partial charge is 0.550 e. The Labute approximate surface area is 113 Å². The lowest BCUT2D eigenvalue weighted by Crippen LogP contribution is -2.48. The van der Waals surface area contributed by atoms with Crippen molar-refractivity contribution in [2.24, 2.45) is 5.92 Å². The Morgan fingerprint density at radius 2 is 1.79 bits per heavy atom. The van der Waals surface area contributed by atoms with Crippen molar-refractivity contribution in [3.05, 3.63) is 35.9 Å². The molecule has 0 aliphatic carbocycles. The summed E-state index contributed by atoms with van der Waals surface area (Å²) in [6.07, 6.45) is 0.425. The molecular formula is C14H19N2O3-. The van der Waals surface area contributed by atoms with Gasteiger partial charge in [-0.25, -0.2) is 5.01 Å². The molecule has 0 N–H and O–H groups in total. The van der Waals surface area contributed by atoms with Crippen molar-refractivity contribution >= 4 is 11.9 Å². The van der Waals surface area contributed by atoms with Gasteiger partial charge in [-0.05, 0) is 18.6 Å². The average molecular weight is 263 g/mol. The number of benzene rings is 1. The number of nitrogens with zero attached hydrogens (tertiary/aromatic N) is 2. The van der Waals surface area contributed by atoms with Gasteiger partial charge >= 0.3 is 0 Å². The number of carbonyl (C=O) groups is 2. The quantitative estimate of drug-likeness (QED) is 0.696. The van der Waals surface area contributed by atoms with Crippen LogP contribution < -0.4 is 5.11 Å². The zero-order chi connectivity index (χ0) is 14.4. The average Bonchev–Trinajstić information content (AvgIpc) is 2.39. The number of hydrogen-bond acceptors (Lipinski definition) is 4. The van der Waals surface area contributed by atoms with E-state index >= 15 is 0 Å². The first-order valence-corrected chi connectivity index (χ1v) is 6.22. The summed E-state index contributed by atoms with van der Waals surface area (Å²) in [5, 5.41) is 14.0. The predicted molar refractivity (Wildman–Crippen MR) is 70.0 cm³/mol. The van der Waals surface area contributed by atoms with Crippen molar-refractivity contribution in [1.82, 2.24) is 10.0 Å². The van der Waals surface area contributed by atoms with Gasteiger partial charge in [-0.15, -0.1) is 0 Å². The second kappa shape index (κ2) is 6.89. The van der Waals surface area contributed by atoms with E-state index in [1.165, 1.54) is 5.01 Å². The third-order valence-electron chi connectivity index (χ3n) is 2.96. The molecule has 0 radical (unpaired) electrons. The Morgan fingerprint density at radius 1 is 1.21 bits per heavy atom. The van der Waals surface area contributed by atoms with Crippen LogP contribution in [0.15, 0.2) is 30.3 Å². The summed E-state index contributed by atoms with van der Waals surface area (Å²) < 4.78 is 0. The van der Waals surface area contributed by atoms with Crippen molar-refractivity contribution in [1.29, 1.82) is 0 Å². The standard InChI is InChI=1S/C14H20N2O3/c1-4-11(14(18)19)10-16(15(2)3)13(17)12-8-6-5-7-9-12/h5-9,11H,4,10H2,1-3H3,(H,18,19)/p-1. The molecule has 19 heavy (non-hydrogen) atoms. The molecule has 1 atom stereocenters. The molecule has 0 aromatic heterocycles. The number of aliphatic carboxylic acids is 1. The van der Waals surface area contributed by atoms with Crippen molar-refractivity contribution in [3.8, 4) is 0 Å². The molecule has 5 nitrogen and oxygen atoms in total. The Bertz CT molecular complexity index is 432. The molecule has 1 rings (SSSR count). The summed E-state index contributed by atoms with van der Waals surface area (Å²) in [4.78, 5) is 23.3. The molecule has 0 aliphatic rings.